The van der Waals surface area contributed by atoms with Crippen molar-refractivity contribution in [2.24, 2.45) is 5.73 Å². The van der Waals surface area contributed by atoms with Crippen molar-refractivity contribution in [1.29, 1.82) is 0 Å². The Balaban J connectivity index is 2.83. The fourth-order valence-corrected chi connectivity index (χ4v) is 1.03. The second-order valence-corrected chi connectivity index (χ2v) is 2.78. The van der Waals surface area contributed by atoms with E-state index in [1.807, 2.05) is 0 Å². The summed E-state index contributed by atoms with van der Waals surface area (Å²) in [4.78, 5) is 21.0. The Labute approximate surface area is 86.8 Å². The molecule has 0 unspecified atom stereocenters. The van der Waals surface area contributed by atoms with Crippen molar-refractivity contribution in [3.63, 3.8) is 0 Å². The molecule has 0 aliphatic rings. The normalized spacial score (nSPS) is 9.40. The third-order valence-corrected chi connectivity index (χ3v) is 1.71. The zero-order chi connectivity index (χ0) is 11.3. The molecule has 1 aromatic carbocycles. The fraction of sp³-hybridized carbons (Fsp3) is 0.200. The maximum atomic E-state index is 10.6. The standard InChI is InChI=1S/C10H11NO4/c1-14-9-4-8(15-6-10(11)13)3-2-7(9)5-12/h2-5H,6H2,1H3,(H2,11,13). The molecule has 1 aromatic rings. The number of carbonyl (C=O) groups is 2. The number of amides is 1. The van der Waals surface area contributed by atoms with Crippen molar-refractivity contribution in [2.75, 3.05) is 13.7 Å². The Hall–Kier alpha value is -2.04. The van der Waals surface area contributed by atoms with E-state index in [-0.39, 0.29) is 6.61 Å². The summed E-state index contributed by atoms with van der Waals surface area (Å²) in [5, 5.41) is 0. The number of rotatable bonds is 5. The molecule has 0 spiro atoms. The van der Waals surface area contributed by atoms with E-state index < -0.39 is 5.91 Å². The van der Waals surface area contributed by atoms with E-state index >= 15 is 0 Å². The Morgan fingerprint density at radius 1 is 1.53 bits per heavy atom. The van der Waals surface area contributed by atoms with Gasteiger partial charge in [0.15, 0.2) is 12.9 Å². The van der Waals surface area contributed by atoms with Gasteiger partial charge in [-0.3, -0.25) is 9.59 Å². The molecule has 15 heavy (non-hydrogen) atoms. The first-order chi connectivity index (χ1) is 7.17. The summed E-state index contributed by atoms with van der Waals surface area (Å²) in [6.07, 6.45) is 0.677. The molecule has 0 saturated carbocycles. The number of nitrogens with two attached hydrogens (primary N) is 1. The van der Waals surface area contributed by atoms with E-state index in [0.29, 0.717) is 23.3 Å². The van der Waals surface area contributed by atoms with E-state index in [9.17, 15) is 9.59 Å². The van der Waals surface area contributed by atoms with Crippen molar-refractivity contribution in [3.8, 4) is 11.5 Å². The van der Waals surface area contributed by atoms with Gasteiger partial charge >= 0.3 is 0 Å². The minimum Gasteiger partial charge on any atom is -0.496 e. The van der Waals surface area contributed by atoms with Gasteiger partial charge in [0, 0.05) is 6.07 Å². The number of hydrogen-bond donors (Lipinski definition) is 1. The van der Waals surface area contributed by atoms with Crippen LogP contribution in [0.2, 0.25) is 0 Å². The van der Waals surface area contributed by atoms with Crippen molar-refractivity contribution >= 4 is 12.2 Å². The minimum atomic E-state index is -0.562. The van der Waals surface area contributed by atoms with Crippen molar-refractivity contribution in [2.45, 2.75) is 0 Å². The number of ether oxygens (including phenoxy) is 2. The van der Waals surface area contributed by atoms with Crippen LogP contribution in [0, 0.1) is 0 Å². The molecular formula is C10H11NO4. The number of primary amides is 1. The SMILES string of the molecule is COc1cc(OCC(N)=O)ccc1C=O. The molecule has 0 saturated heterocycles. The predicted octanol–water partition coefficient (Wildman–Crippen LogP) is 0.372. The zero-order valence-electron chi connectivity index (χ0n) is 8.23. The van der Waals surface area contributed by atoms with Gasteiger partial charge < -0.3 is 15.2 Å². The zero-order valence-corrected chi connectivity index (χ0v) is 8.23. The second kappa shape index (κ2) is 4.99. The molecule has 0 heterocycles. The summed E-state index contributed by atoms with van der Waals surface area (Å²) in [6.45, 7) is -0.205. The maximum Gasteiger partial charge on any atom is 0.255 e. The van der Waals surface area contributed by atoms with Gasteiger partial charge in [-0.1, -0.05) is 0 Å². The number of benzene rings is 1. The molecule has 5 heteroatoms. The fourth-order valence-electron chi connectivity index (χ4n) is 1.03. The molecule has 0 fully saturated rings. The lowest BCUT2D eigenvalue weighted by Gasteiger charge is -2.07. The molecule has 0 bridgehead atoms. The minimum absolute atomic E-state index is 0.205. The summed E-state index contributed by atoms with van der Waals surface area (Å²) in [5.41, 5.74) is 5.34. The van der Waals surface area contributed by atoms with Gasteiger partial charge in [0.25, 0.3) is 5.91 Å². The first-order valence-corrected chi connectivity index (χ1v) is 4.21. The molecule has 2 N–H and O–H groups in total. The highest BCUT2D eigenvalue weighted by molar-refractivity contribution is 5.80. The molecular weight excluding hydrogens is 198 g/mol. The predicted molar refractivity (Wildman–Crippen MR) is 53.1 cm³/mol. The monoisotopic (exact) mass is 209 g/mol. The first-order valence-electron chi connectivity index (χ1n) is 4.21. The Morgan fingerprint density at radius 3 is 2.80 bits per heavy atom. The van der Waals surface area contributed by atoms with Gasteiger partial charge in [-0.05, 0) is 12.1 Å². The first kappa shape index (κ1) is 11.0. The van der Waals surface area contributed by atoms with Gasteiger partial charge in [-0.2, -0.15) is 0 Å². The molecule has 0 radical (unpaired) electrons. The maximum absolute atomic E-state index is 10.6. The van der Waals surface area contributed by atoms with Crippen LogP contribution in [0.4, 0.5) is 0 Å². The Kier molecular flexibility index (Phi) is 3.68. The van der Waals surface area contributed by atoms with Crippen LogP contribution in [0.25, 0.3) is 0 Å². The van der Waals surface area contributed by atoms with E-state index in [0.717, 1.165) is 0 Å². The van der Waals surface area contributed by atoms with Crippen LogP contribution in [-0.2, 0) is 4.79 Å². The molecule has 1 amide bonds. The van der Waals surface area contributed by atoms with Crippen molar-refractivity contribution in [3.05, 3.63) is 23.8 Å². The van der Waals surface area contributed by atoms with Gasteiger partial charge in [-0.25, -0.2) is 0 Å². The quantitative estimate of drug-likeness (QED) is 0.710. The van der Waals surface area contributed by atoms with E-state index in [1.165, 1.54) is 13.2 Å². The molecule has 0 aromatic heterocycles. The van der Waals surface area contributed by atoms with Gasteiger partial charge in [0.1, 0.15) is 11.5 Å². The molecule has 0 aliphatic heterocycles. The second-order valence-electron chi connectivity index (χ2n) is 2.78. The number of carbonyl (C=O) groups excluding carboxylic acids is 2. The Bertz CT molecular complexity index is 376. The molecule has 5 nitrogen and oxygen atoms in total. The average molecular weight is 209 g/mol. The highest BCUT2D eigenvalue weighted by atomic mass is 16.5. The third kappa shape index (κ3) is 2.98. The smallest absolute Gasteiger partial charge is 0.255 e. The number of hydrogen-bond acceptors (Lipinski definition) is 4. The van der Waals surface area contributed by atoms with Crippen molar-refractivity contribution < 1.29 is 19.1 Å². The van der Waals surface area contributed by atoms with Gasteiger partial charge in [0.05, 0.1) is 12.7 Å². The van der Waals surface area contributed by atoms with Crippen LogP contribution in [-0.4, -0.2) is 25.9 Å². The van der Waals surface area contributed by atoms with Crippen LogP contribution < -0.4 is 15.2 Å². The van der Waals surface area contributed by atoms with Crippen LogP contribution in [0.15, 0.2) is 18.2 Å². The van der Waals surface area contributed by atoms with E-state index in [4.69, 9.17) is 15.2 Å². The van der Waals surface area contributed by atoms with Crippen LogP contribution in [0.5, 0.6) is 11.5 Å². The van der Waals surface area contributed by atoms with Crippen molar-refractivity contribution in [1.82, 2.24) is 0 Å². The molecule has 0 aliphatic carbocycles. The van der Waals surface area contributed by atoms with Gasteiger partial charge in [-0.15, -0.1) is 0 Å². The molecule has 1 rings (SSSR count). The number of aldehydes is 1. The summed E-state index contributed by atoms with van der Waals surface area (Å²) < 4.78 is 10.00. The van der Waals surface area contributed by atoms with Crippen LogP contribution in [0.3, 0.4) is 0 Å². The molecule has 0 atom stereocenters. The topological polar surface area (TPSA) is 78.6 Å². The summed E-state index contributed by atoms with van der Waals surface area (Å²) in [5.74, 6) is 0.261. The van der Waals surface area contributed by atoms with Gasteiger partial charge in [0.2, 0.25) is 0 Å². The summed E-state index contributed by atoms with van der Waals surface area (Å²) in [6, 6.07) is 4.63. The van der Waals surface area contributed by atoms with Crippen LogP contribution in [0.1, 0.15) is 10.4 Å². The third-order valence-electron chi connectivity index (χ3n) is 1.71. The lowest BCUT2D eigenvalue weighted by Crippen LogP contribution is -2.20. The van der Waals surface area contributed by atoms with Crippen LogP contribution >= 0.6 is 0 Å². The summed E-state index contributed by atoms with van der Waals surface area (Å²) >= 11 is 0. The largest absolute Gasteiger partial charge is 0.496 e. The lowest BCUT2D eigenvalue weighted by molar-refractivity contribution is -0.119. The molecule has 80 valence electrons. The number of methoxy groups -OCH3 is 1. The van der Waals surface area contributed by atoms with E-state index in [2.05, 4.69) is 0 Å². The highest BCUT2D eigenvalue weighted by Gasteiger charge is 2.04. The average Bonchev–Trinajstić information content (AvgIpc) is 2.25. The highest BCUT2D eigenvalue weighted by Crippen LogP contribution is 2.23. The summed E-state index contributed by atoms with van der Waals surface area (Å²) in [7, 11) is 1.44. The Morgan fingerprint density at radius 2 is 2.27 bits per heavy atom. The lowest BCUT2D eigenvalue weighted by atomic mass is 10.2. The van der Waals surface area contributed by atoms with E-state index in [1.54, 1.807) is 12.1 Å².